The second-order valence-corrected chi connectivity index (χ2v) is 9.30. The Kier molecular flexibility index (Phi) is 2.89. The van der Waals surface area contributed by atoms with E-state index < -0.39 is 5.23 Å². The third kappa shape index (κ3) is 1.64. The number of hydrogen-bond donors (Lipinski definition) is 2. The van der Waals surface area contributed by atoms with E-state index in [4.69, 9.17) is 4.74 Å². The van der Waals surface area contributed by atoms with Gasteiger partial charge in [0, 0.05) is 41.7 Å². The topological polar surface area (TPSA) is 80.5 Å². The predicted molar refractivity (Wildman–Crippen MR) is 99.2 cm³/mol. The molecule has 1 saturated carbocycles. The van der Waals surface area contributed by atoms with Gasteiger partial charge in [-0.2, -0.15) is 5.23 Å². The molecule has 7 rings (SSSR count). The van der Waals surface area contributed by atoms with Crippen molar-refractivity contribution in [2.24, 2.45) is 11.8 Å². The Balaban J connectivity index is 1.51. The molecular weight excluding hydrogens is 358 g/mol. The highest BCUT2D eigenvalue weighted by Gasteiger charge is 2.71. The van der Waals surface area contributed by atoms with Gasteiger partial charge in [-0.1, -0.05) is 11.6 Å². The molecule has 5 aliphatic heterocycles. The van der Waals surface area contributed by atoms with Crippen LogP contribution in [0.4, 0.5) is 11.4 Å². The van der Waals surface area contributed by atoms with Gasteiger partial charge in [0.1, 0.15) is 0 Å². The normalized spacial score (nSPS) is 43.5. The molecule has 0 aromatic heterocycles. The molecule has 6 aliphatic rings. The Morgan fingerprint density at radius 3 is 3.11 bits per heavy atom. The number of ether oxygens (including phenoxy) is 1. The Morgan fingerprint density at radius 1 is 1.36 bits per heavy atom. The summed E-state index contributed by atoms with van der Waals surface area (Å²) in [5.74, 6) is 0.923. The first-order valence-corrected chi connectivity index (χ1v) is 10.3. The maximum absolute atomic E-state index is 13.3. The molecule has 1 aliphatic carbocycles. The SMILES string of the molecule is O=C1CC2OCC=C3CN4CCC56c7cc([NH+]([O-])O)ccc7N1C5C2C3CC46. The summed E-state index contributed by atoms with van der Waals surface area (Å²) in [6.45, 7) is 2.62. The van der Waals surface area contributed by atoms with Gasteiger partial charge in [-0.3, -0.25) is 9.69 Å². The number of amides is 1. The molecule has 1 amide bonds. The van der Waals surface area contributed by atoms with Crippen molar-refractivity contribution in [3.63, 3.8) is 0 Å². The quantitative estimate of drug-likeness (QED) is 0.547. The third-order valence-corrected chi connectivity index (χ3v) is 8.56. The van der Waals surface area contributed by atoms with E-state index >= 15 is 0 Å². The number of nitrogens with one attached hydrogen (secondary N) is 1. The summed E-state index contributed by atoms with van der Waals surface area (Å²) in [4.78, 5) is 17.9. The largest absolute Gasteiger partial charge is 0.595 e. The van der Waals surface area contributed by atoms with Crippen LogP contribution >= 0.6 is 0 Å². The molecule has 7 nitrogen and oxygen atoms in total. The van der Waals surface area contributed by atoms with Crippen LogP contribution in [0.5, 0.6) is 0 Å². The van der Waals surface area contributed by atoms with Crippen LogP contribution in [-0.4, -0.2) is 53.9 Å². The van der Waals surface area contributed by atoms with Gasteiger partial charge in [0.15, 0.2) is 5.69 Å². The van der Waals surface area contributed by atoms with Crippen LogP contribution in [0.3, 0.4) is 0 Å². The highest BCUT2D eigenvalue weighted by Crippen LogP contribution is 2.65. The molecule has 4 fully saturated rings. The van der Waals surface area contributed by atoms with Crippen LogP contribution < -0.4 is 10.1 Å². The molecular formula is C21H23N3O4. The number of carbonyl (C=O) groups excluding carboxylic acids is 1. The average molecular weight is 381 g/mol. The standard InChI is InChI=1S/C21H23N3O4/c25-18-9-16-19-13-8-17-21(4-5-22(17)10-11(13)3-6-28-16)14-7-12(24(26)27)1-2-15(14)23(18)20(19)21/h1-3,7,13,16-17,19-20,24,26H,4-6,8-10H2. The van der Waals surface area contributed by atoms with E-state index in [2.05, 4.69) is 11.0 Å². The summed E-state index contributed by atoms with van der Waals surface area (Å²) >= 11 is 0. The first kappa shape index (κ1) is 16.1. The summed E-state index contributed by atoms with van der Waals surface area (Å²) < 4.78 is 6.22. The molecule has 1 aromatic rings. The molecule has 2 bridgehead atoms. The first-order chi connectivity index (χ1) is 13.6. The molecule has 7 atom stereocenters. The van der Waals surface area contributed by atoms with Gasteiger partial charge in [0.2, 0.25) is 5.91 Å². The van der Waals surface area contributed by atoms with E-state index in [1.165, 1.54) is 5.57 Å². The fourth-order valence-corrected chi connectivity index (χ4v) is 7.68. The molecule has 0 radical (unpaired) electrons. The van der Waals surface area contributed by atoms with Crippen molar-refractivity contribution in [2.75, 3.05) is 24.6 Å². The zero-order valence-corrected chi connectivity index (χ0v) is 15.5. The molecule has 7 unspecified atom stereocenters. The summed E-state index contributed by atoms with van der Waals surface area (Å²) in [7, 11) is 0. The minimum atomic E-state index is -0.900. The zero-order valence-electron chi connectivity index (χ0n) is 15.5. The highest BCUT2D eigenvalue weighted by molar-refractivity contribution is 5.99. The van der Waals surface area contributed by atoms with E-state index in [-0.39, 0.29) is 23.5 Å². The van der Waals surface area contributed by atoms with Crippen molar-refractivity contribution in [3.05, 3.63) is 40.6 Å². The number of carbonyl (C=O) groups is 1. The van der Waals surface area contributed by atoms with Gasteiger partial charge in [-0.15, -0.1) is 0 Å². The minimum Gasteiger partial charge on any atom is -0.595 e. The van der Waals surface area contributed by atoms with Crippen LogP contribution in [0.15, 0.2) is 29.8 Å². The van der Waals surface area contributed by atoms with E-state index in [0.29, 0.717) is 36.6 Å². The van der Waals surface area contributed by atoms with Crippen LogP contribution in [-0.2, 0) is 14.9 Å². The lowest BCUT2D eigenvalue weighted by molar-refractivity contribution is -0.991. The van der Waals surface area contributed by atoms with Crippen molar-refractivity contribution in [1.29, 1.82) is 0 Å². The van der Waals surface area contributed by atoms with E-state index in [0.717, 1.165) is 37.2 Å². The van der Waals surface area contributed by atoms with Crippen molar-refractivity contribution >= 4 is 17.3 Å². The summed E-state index contributed by atoms with van der Waals surface area (Å²) in [6.07, 6.45) is 4.77. The van der Waals surface area contributed by atoms with Crippen LogP contribution in [0.2, 0.25) is 0 Å². The molecule has 7 heteroatoms. The Morgan fingerprint density at radius 2 is 2.25 bits per heavy atom. The van der Waals surface area contributed by atoms with Crippen molar-refractivity contribution in [2.45, 2.75) is 42.9 Å². The molecule has 28 heavy (non-hydrogen) atoms. The Labute approximate surface area is 162 Å². The van der Waals surface area contributed by atoms with E-state index in [1.807, 2.05) is 17.0 Å². The second-order valence-electron chi connectivity index (χ2n) is 9.30. The minimum absolute atomic E-state index is 0.0225. The molecule has 1 spiro atoms. The maximum atomic E-state index is 13.3. The lowest BCUT2D eigenvalue weighted by Gasteiger charge is -2.58. The monoisotopic (exact) mass is 381 g/mol. The molecule has 146 valence electrons. The van der Waals surface area contributed by atoms with Gasteiger partial charge in [0.25, 0.3) is 0 Å². The van der Waals surface area contributed by atoms with Gasteiger partial charge < -0.3 is 14.8 Å². The third-order valence-electron chi connectivity index (χ3n) is 8.56. The van der Waals surface area contributed by atoms with Gasteiger partial charge in [-0.05, 0) is 36.9 Å². The summed E-state index contributed by atoms with van der Waals surface area (Å²) in [5, 5.41) is 20.4. The Hall–Kier alpha value is -1.77. The van der Waals surface area contributed by atoms with Crippen LogP contribution in [0.25, 0.3) is 0 Å². The smallest absolute Gasteiger partial charge is 0.229 e. The number of hydrogen-bond acceptors (Lipinski definition) is 5. The maximum Gasteiger partial charge on any atom is 0.229 e. The number of anilines is 1. The number of quaternary nitrogens is 1. The fourth-order valence-electron chi connectivity index (χ4n) is 7.68. The van der Waals surface area contributed by atoms with E-state index in [9.17, 15) is 15.2 Å². The summed E-state index contributed by atoms with van der Waals surface area (Å²) in [6, 6.07) is 5.87. The molecule has 1 aromatic carbocycles. The number of nitrogens with zero attached hydrogens (tertiary/aromatic N) is 2. The van der Waals surface area contributed by atoms with Crippen molar-refractivity contribution in [1.82, 2.24) is 4.90 Å². The average Bonchev–Trinajstić information content (AvgIpc) is 3.15. The Bertz CT molecular complexity index is 946. The van der Waals surface area contributed by atoms with Crippen LogP contribution in [0.1, 0.15) is 24.8 Å². The van der Waals surface area contributed by atoms with Crippen molar-refractivity contribution < 1.29 is 20.0 Å². The lowest BCUT2D eigenvalue weighted by Crippen LogP contribution is -2.99. The zero-order chi connectivity index (χ0) is 18.8. The first-order valence-electron chi connectivity index (χ1n) is 10.3. The van der Waals surface area contributed by atoms with Gasteiger partial charge in [-0.25, -0.2) is 5.21 Å². The molecule has 3 saturated heterocycles. The van der Waals surface area contributed by atoms with Gasteiger partial charge in [0.05, 0.1) is 25.2 Å². The number of fused-ring (bicyclic) bond motifs is 2. The molecule has 2 N–H and O–H groups in total. The molecule has 5 heterocycles. The highest BCUT2D eigenvalue weighted by atomic mass is 16.8. The van der Waals surface area contributed by atoms with Crippen LogP contribution in [0, 0.1) is 17.0 Å². The number of benzene rings is 1. The van der Waals surface area contributed by atoms with Gasteiger partial charge >= 0.3 is 0 Å². The van der Waals surface area contributed by atoms with Crippen molar-refractivity contribution in [3.8, 4) is 0 Å². The lowest BCUT2D eigenvalue weighted by atomic mass is 9.53. The second kappa shape index (κ2) is 5.04. The van der Waals surface area contributed by atoms with E-state index in [1.54, 1.807) is 6.07 Å². The summed E-state index contributed by atoms with van der Waals surface area (Å²) in [5.41, 5.74) is 3.70. The number of piperidine rings is 2. The fraction of sp³-hybridized carbons (Fsp3) is 0.571. The predicted octanol–water partition coefficient (Wildman–Crippen LogP) is 0.496. The number of rotatable bonds is 1.